The zero-order valence-electron chi connectivity index (χ0n) is 69.5. The van der Waals surface area contributed by atoms with E-state index in [0.717, 1.165) is 142 Å². The van der Waals surface area contributed by atoms with Crippen LogP contribution in [0, 0.1) is 0 Å². The van der Waals surface area contributed by atoms with E-state index in [1.807, 2.05) is 265 Å². The first-order valence-corrected chi connectivity index (χ1v) is 50.6. The third kappa shape index (κ3) is 13.7. The van der Waals surface area contributed by atoms with Crippen LogP contribution in [0.3, 0.4) is 0 Å². The molecular weight excluding hydrogens is 1680 g/mol. The second-order valence-corrected chi connectivity index (χ2v) is 43.9. The Morgan fingerprint density at radius 3 is 0.791 bits per heavy atom. The number of hydrogen-bond acceptors (Lipinski definition) is 9. The quantitative estimate of drug-likeness (QED) is 0.0844. The predicted molar refractivity (Wildman–Crippen MR) is 556 cm³/mol. The maximum atomic E-state index is 15.1. The number of nitrogens with zero attached hydrogens (tertiary/aromatic N) is 3. The summed E-state index contributed by atoms with van der Waals surface area (Å²) in [6.45, 7) is 0. The molecule has 0 aliphatic heterocycles. The molecule has 0 amide bonds. The molecule has 0 fully saturated rings. The summed E-state index contributed by atoms with van der Waals surface area (Å²) < 4.78 is 52.9. The van der Waals surface area contributed by atoms with Crippen molar-refractivity contribution in [3.63, 3.8) is 0 Å². The summed E-state index contributed by atoms with van der Waals surface area (Å²) in [6.07, 6.45) is 0. The maximum Gasteiger partial charge on any atom is 0.171 e. The van der Waals surface area contributed by atoms with Crippen LogP contribution >= 0.6 is 55.4 Å². The molecule has 0 N–H and O–H groups in total. The molecule has 0 spiro atoms. The van der Waals surface area contributed by atoms with E-state index in [-0.39, 0.29) is 0 Å². The number of para-hydroxylation sites is 2. The molecule has 0 bridgehead atoms. The van der Waals surface area contributed by atoms with Gasteiger partial charge in [-0.05, 0) is 59.7 Å². The lowest BCUT2D eigenvalue weighted by Gasteiger charge is -2.21. The summed E-state index contributed by atoms with van der Waals surface area (Å²) in [6, 6.07) is 157. The maximum absolute atomic E-state index is 15.1. The molecule has 610 valence electrons. The lowest BCUT2D eigenvalue weighted by Crippen LogP contribution is -2.25. The first-order valence-electron chi connectivity index (χ1n) is 43.1. The van der Waals surface area contributed by atoms with Crippen LogP contribution in [0.5, 0.6) is 0 Å². The normalized spacial score (nSPS) is 12.0. The topological polar surface area (TPSA) is 89.9 Å². The second-order valence-electron chi connectivity index (χ2n) is 32.4. The van der Waals surface area contributed by atoms with E-state index in [1.54, 1.807) is 0 Å². The molecule has 0 saturated carbocycles. The minimum absolute atomic E-state index is 0.804. The van der Waals surface area contributed by atoms with Crippen molar-refractivity contribution in [2.45, 2.75) is 0 Å². The fourth-order valence-corrected chi connectivity index (χ4v) is 30.7. The van der Waals surface area contributed by atoms with Crippen molar-refractivity contribution in [3.05, 3.63) is 461 Å². The lowest BCUT2D eigenvalue weighted by molar-refractivity contribution is 0.591. The number of hydrogen-bond donors (Lipinski definition) is 0. The highest BCUT2D eigenvalue weighted by Crippen LogP contribution is 2.51. The summed E-state index contributed by atoms with van der Waals surface area (Å²) in [5.74, 6) is 0. The summed E-state index contributed by atoms with van der Waals surface area (Å²) in [7, 11) is -9.27. The molecule has 6 nitrogen and oxygen atoms in total. The fraction of sp³-hybridized carbons (Fsp3) is 0. The van der Waals surface area contributed by atoms with Crippen molar-refractivity contribution in [2.24, 2.45) is 0 Å². The Kier molecular flexibility index (Phi) is 20.3. The van der Waals surface area contributed by atoms with Crippen molar-refractivity contribution < 1.29 is 13.7 Å². The molecule has 25 rings (SSSR count). The van der Waals surface area contributed by atoms with Crippen molar-refractivity contribution in [1.82, 2.24) is 15.0 Å². The van der Waals surface area contributed by atoms with Crippen molar-refractivity contribution >= 4 is 229 Å². The molecule has 0 atom stereocenters. The van der Waals surface area contributed by atoms with E-state index in [0.29, 0.717) is 0 Å². The monoisotopic (exact) mass is 1760 g/mol. The van der Waals surface area contributed by atoms with E-state index in [9.17, 15) is 4.57 Å². The molecule has 6 heterocycles. The zero-order chi connectivity index (χ0) is 86.2. The molecule has 0 unspecified atom stereocenters. The van der Waals surface area contributed by atoms with Gasteiger partial charge in [-0.15, -0.1) is 34.0 Å². The van der Waals surface area contributed by atoms with Gasteiger partial charge in [-0.1, -0.05) is 413 Å². The van der Waals surface area contributed by atoms with Gasteiger partial charge in [0.1, 0.15) is 0 Å². The van der Waals surface area contributed by atoms with Crippen LogP contribution in [0.15, 0.2) is 461 Å². The van der Waals surface area contributed by atoms with Crippen molar-refractivity contribution in [1.29, 1.82) is 0 Å². The zero-order valence-corrected chi connectivity index (χ0v) is 74.6. The third-order valence-electron chi connectivity index (χ3n) is 25.0. The number of aromatic nitrogens is 3. The van der Waals surface area contributed by atoms with Crippen LogP contribution in [-0.2, 0) is 13.7 Å². The molecule has 12 heteroatoms. The van der Waals surface area contributed by atoms with E-state index in [2.05, 4.69) is 231 Å². The highest BCUT2D eigenvalue weighted by molar-refractivity contribution is 7.86. The largest absolute Gasteiger partial charge is 0.309 e. The Morgan fingerprint density at radius 1 is 0.163 bits per heavy atom. The minimum Gasteiger partial charge on any atom is -0.309 e. The van der Waals surface area contributed by atoms with Crippen LogP contribution < -0.4 is 47.7 Å². The summed E-state index contributed by atoms with van der Waals surface area (Å²) in [5, 5.41) is 25.7. The van der Waals surface area contributed by atoms with Gasteiger partial charge in [0.25, 0.3) is 0 Å². The number of benzene rings is 19. The van der Waals surface area contributed by atoms with E-state index in [4.69, 9.17) is 15.0 Å². The van der Waals surface area contributed by atoms with Gasteiger partial charge in [0.05, 0.1) is 33.6 Å². The molecular formula is C117H76N3O3P3S3. The second kappa shape index (κ2) is 33.1. The van der Waals surface area contributed by atoms with E-state index in [1.165, 1.54) is 76.7 Å². The van der Waals surface area contributed by atoms with Crippen molar-refractivity contribution in [3.8, 4) is 44.9 Å². The molecule has 6 aromatic heterocycles. The Bertz CT molecular complexity index is 8720. The molecule has 0 radical (unpaired) electrons. The fourth-order valence-electron chi connectivity index (χ4n) is 18.9. The molecule has 25 aromatic rings. The number of fused-ring (bicyclic) bond motifs is 21. The Morgan fingerprint density at radius 2 is 0.403 bits per heavy atom. The molecule has 19 aromatic carbocycles. The van der Waals surface area contributed by atoms with Gasteiger partial charge in [0.2, 0.25) is 0 Å². The number of pyridine rings is 3. The molecule has 0 aliphatic carbocycles. The molecule has 129 heavy (non-hydrogen) atoms. The van der Waals surface area contributed by atoms with Crippen LogP contribution in [0.2, 0.25) is 0 Å². The first kappa shape index (κ1) is 79.2. The lowest BCUT2D eigenvalue weighted by atomic mass is 9.96. The standard InChI is InChI=1S/C43H28NOPS.2C37H24NOPS/c45-46(32-16-6-2-7-17-32,33-18-8-3-9-19-33)34-20-12-15-30(27-34)31-23-24-37-39(28-31)44-42(29-13-4-1-5-14-29)38-26-25-36-35-21-10-11-22-40(35)47-43(36)41(37)38;39-40(26-13-3-1-4-14-26,27-15-5-2-6-16-27)28-17-11-12-25(24-28)36-32-23-22-30-29-18-8-10-21-34(29)41-37(30)35(32)31-19-7-9-20-33(31)38-36;39-40(26-11-3-1-4-12-26,27-13-5-2-6-14-27)28-21-19-25(20-22-28)36-32-24-23-30-29-15-8-10-18-34(29)41-37(30)35(32)31-16-7-9-17-33(31)38-36/h1-28H;2*1-24H. The summed E-state index contributed by atoms with van der Waals surface area (Å²) in [5.41, 5.74) is 10.8. The van der Waals surface area contributed by atoms with Gasteiger partial charge in [0, 0.05) is 173 Å². The van der Waals surface area contributed by atoms with Gasteiger partial charge in [-0.2, -0.15) is 0 Å². The van der Waals surface area contributed by atoms with E-state index < -0.39 is 21.4 Å². The highest BCUT2D eigenvalue weighted by Gasteiger charge is 2.34. The van der Waals surface area contributed by atoms with Gasteiger partial charge in [-0.25, -0.2) is 15.0 Å². The number of rotatable bonds is 13. The first-order chi connectivity index (χ1) is 63.6. The number of thiophene rings is 3. The van der Waals surface area contributed by atoms with Gasteiger partial charge in [-0.3, -0.25) is 0 Å². The Labute approximate surface area is 757 Å². The molecule has 0 aliphatic rings. The minimum atomic E-state index is -3.12. The highest BCUT2D eigenvalue weighted by atomic mass is 32.1. The van der Waals surface area contributed by atoms with Crippen LogP contribution in [0.4, 0.5) is 0 Å². The molecule has 0 saturated heterocycles. The smallest absolute Gasteiger partial charge is 0.171 e. The van der Waals surface area contributed by atoms with Gasteiger partial charge >= 0.3 is 0 Å². The SMILES string of the molecule is O=P(c1ccccc1)(c1ccccc1)c1ccc(-c2nc3ccccc3c3c2ccc2c4ccccc4sc23)cc1.O=P(c1ccccc1)(c1ccccc1)c1cccc(-c2ccc3c(c2)nc(-c2ccccc2)c2ccc4c5ccccc5sc4c23)c1.O=P(c1ccccc1)(c1ccccc1)c1cccc(-c2nc3ccccc3c3c2ccc2c4ccccc4sc23)c1. The summed E-state index contributed by atoms with van der Waals surface area (Å²) >= 11 is 5.54. The average Bonchev–Trinajstić information content (AvgIpc) is 1.64. The van der Waals surface area contributed by atoms with Gasteiger partial charge in [0.15, 0.2) is 21.4 Å². The third-order valence-corrected chi connectivity index (χ3v) is 37.8. The van der Waals surface area contributed by atoms with Gasteiger partial charge < -0.3 is 13.7 Å². The predicted octanol–water partition coefficient (Wildman–Crippen LogP) is 28.9. The van der Waals surface area contributed by atoms with Crippen LogP contribution in [0.1, 0.15) is 0 Å². The van der Waals surface area contributed by atoms with Crippen molar-refractivity contribution in [2.75, 3.05) is 0 Å². The Balaban J connectivity index is 0.000000111. The average molecular weight is 1760 g/mol. The summed E-state index contributed by atoms with van der Waals surface area (Å²) in [4.78, 5) is 15.7. The van der Waals surface area contributed by atoms with Crippen LogP contribution in [0.25, 0.3) is 170 Å². The Hall–Kier alpha value is -14.5. The van der Waals surface area contributed by atoms with E-state index >= 15 is 9.13 Å². The van der Waals surface area contributed by atoms with Crippen LogP contribution in [-0.4, -0.2) is 15.0 Å².